The lowest BCUT2D eigenvalue weighted by molar-refractivity contribution is 0.141. The van der Waals surface area contributed by atoms with Gasteiger partial charge in [-0.2, -0.15) is 0 Å². The van der Waals surface area contributed by atoms with E-state index in [0.717, 1.165) is 12.6 Å². The van der Waals surface area contributed by atoms with Crippen molar-refractivity contribution in [2.24, 2.45) is 0 Å². The number of anilines is 1. The molecule has 0 bridgehead atoms. The van der Waals surface area contributed by atoms with Gasteiger partial charge in [-0.05, 0) is 45.8 Å². The summed E-state index contributed by atoms with van der Waals surface area (Å²) >= 11 is 1.84. The summed E-state index contributed by atoms with van der Waals surface area (Å²) in [7, 11) is 1.99. The fourth-order valence-electron chi connectivity index (χ4n) is 3.41. The van der Waals surface area contributed by atoms with Crippen LogP contribution in [0.3, 0.4) is 0 Å². The molecule has 0 spiro atoms. The molecule has 0 amide bonds. The average Bonchev–Trinajstić information content (AvgIpc) is 2.97. The van der Waals surface area contributed by atoms with Crippen molar-refractivity contribution in [3.63, 3.8) is 0 Å². The summed E-state index contributed by atoms with van der Waals surface area (Å²) in [4.78, 5) is 11.1. The zero-order chi connectivity index (χ0) is 13.8. The number of nitrogens with one attached hydrogen (secondary N) is 1. The van der Waals surface area contributed by atoms with Gasteiger partial charge in [0.1, 0.15) is 0 Å². The van der Waals surface area contributed by atoms with Crippen molar-refractivity contribution in [3.05, 3.63) is 11.1 Å². The number of nitrogens with zero attached hydrogens (tertiary/aromatic N) is 3. The van der Waals surface area contributed by atoms with E-state index >= 15 is 0 Å². The van der Waals surface area contributed by atoms with Crippen LogP contribution in [0.15, 0.2) is 6.20 Å². The van der Waals surface area contributed by atoms with Crippen LogP contribution in [0, 0.1) is 0 Å². The van der Waals surface area contributed by atoms with Gasteiger partial charge in [0.15, 0.2) is 5.13 Å². The number of hydrogen-bond donors (Lipinski definition) is 1. The summed E-state index contributed by atoms with van der Waals surface area (Å²) in [5, 5.41) is 4.41. The number of thiazole rings is 1. The van der Waals surface area contributed by atoms with Crippen LogP contribution >= 0.6 is 11.3 Å². The molecule has 0 saturated carbocycles. The first-order chi connectivity index (χ1) is 9.86. The standard InChI is InChI=1S/C15H26N4S/c1-16-11-14-12-17-15(20-14)19-9-5-13(6-10-19)18-7-3-2-4-8-18/h12-13,16H,2-11H2,1H3. The third kappa shape index (κ3) is 3.32. The maximum Gasteiger partial charge on any atom is 0.185 e. The predicted molar refractivity (Wildman–Crippen MR) is 85.5 cm³/mol. The first-order valence-electron chi connectivity index (χ1n) is 7.95. The van der Waals surface area contributed by atoms with E-state index in [2.05, 4.69) is 20.1 Å². The van der Waals surface area contributed by atoms with Crippen molar-refractivity contribution < 1.29 is 0 Å². The molecule has 1 aromatic rings. The monoisotopic (exact) mass is 294 g/mol. The Morgan fingerprint density at radius 1 is 1.20 bits per heavy atom. The van der Waals surface area contributed by atoms with Gasteiger partial charge in [-0.3, -0.25) is 0 Å². The summed E-state index contributed by atoms with van der Waals surface area (Å²) in [5.41, 5.74) is 0. The molecule has 2 saturated heterocycles. The van der Waals surface area contributed by atoms with Gasteiger partial charge >= 0.3 is 0 Å². The Hall–Kier alpha value is -0.650. The molecular formula is C15H26N4S. The van der Waals surface area contributed by atoms with E-state index in [1.165, 1.54) is 68.3 Å². The Labute approximate surface area is 126 Å². The smallest absolute Gasteiger partial charge is 0.185 e. The topological polar surface area (TPSA) is 31.4 Å². The summed E-state index contributed by atoms with van der Waals surface area (Å²) in [5.74, 6) is 0. The van der Waals surface area contributed by atoms with Gasteiger partial charge in [-0.15, -0.1) is 11.3 Å². The molecule has 3 heterocycles. The number of rotatable bonds is 4. The Morgan fingerprint density at radius 3 is 2.65 bits per heavy atom. The number of likely N-dealkylation sites (tertiary alicyclic amines) is 1. The first kappa shape index (κ1) is 14.3. The van der Waals surface area contributed by atoms with E-state index in [1.54, 1.807) is 0 Å². The van der Waals surface area contributed by atoms with Gasteiger partial charge in [0.05, 0.1) is 0 Å². The van der Waals surface area contributed by atoms with Crippen LogP contribution in [0.1, 0.15) is 37.0 Å². The molecule has 2 aliphatic heterocycles. The summed E-state index contributed by atoms with van der Waals surface area (Å²) in [6, 6.07) is 0.822. The van der Waals surface area contributed by atoms with E-state index in [-0.39, 0.29) is 0 Å². The second-order valence-corrected chi connectivity index (χ2v) is 7.05. The van der Waals surface area contributed by atoms with Crippen LogP contribution in [-0.2, 0) is 6.54 Å². The van der Waals surface area contributed by atoms with Crippen molar-refractivity contribution in [2.75, 3.05) is 38.1 Å². The van der Waals surface area contributed by atoms with Gasteiger partial charge in [0.2, 0.25) is 0 Å². The largest absolute Gasteiger partial charge is 0.348 e. The maximum absolute atomic E-state index is 4.59. The number of piperidine rings is 2. The normalized spacial score (nSPS) is 22.4. The SMILES string of the molecule is CNCc1cnc(N2CCC(N3CCCCC3)CC2)s1. The fraction of sp³-hybridized carbons (Fsp3) is 0.800. The molecule has 2 aliphatic rings. The highest BCUT2D eigenvalue weighted by Gasteiger charge is 2.26. The van der Waals surface area contributed by atoms with Crippen molar-refractivity contribution in [3.8, 4) is 0 Å². The zero-order valence-electron chi connectivity index (χ0n) is 12.5. The minimum absolute atomic E-state index is 0.822. The van der Waals surface area contributed by atoms with Crippen LogP contribution < -0.4 is 10.2 Å². The molecule has 3 rings (SSSR count). The average molecular weight is 294 g/mol. The fourth-order valence-corrected chi connectivity index (χ4v) is 4.38. The van der Waals surface area contributed by atoms with E-state index < -0.39 is 0 Å². The molecule has 2 fully saturated rings. The lowest BCUT2D eigenvalue weighted by Crippen LogP contribution is -2.46. The van der Waals surface area contributed by atoms with Gasteiger partial charge in [-0.1, -0.05) is 6.42 Å². The van der Waals surface area contributed by atoms with E-state index in [0.29, 0.717) is 0 Å². The molecule has 5 heteroatoms. The molecule has 0 aliphatic carbocycles. The number of hydrogen-bond acceptors (Lipinski definition) is 5. The Balaban J connectivity index is 1.52. The van der Waals surface area contributed by atoms with Crippen molar-refractivity contribution in [1.29, 1.82) is 0 Å². The lowest BCUT2D eigenvalue weighted by atomic mass is 10.0. The lowest BCUT2D eigenvalue weighted by Gasteiger charge is -2.40. The van der Waals surface area contributed by atoms with Crippen molar-refractivity contribution in [2.45, 2.75) is 44.7 Å². The van der Waals surface area contributed by atoms with Crippen LogP contribution in [-0.4, -0.2) is 49.2 Å². The summed E-state index contributed by atoms with van der Waals surface area (Å²) < 4.78 is 0. The number of aromatic nitrogens is 1. The molecule has 0 unspecified atom stereocenters. The summed E-state index contributed by atoms with van der Waals surface area (Å²) in [6.07, 6.45) is 8.87. The highest BCUT2D eigenvalue weighted by molar-refractivity contribution is 7.15. The van der Waals surface area contributed by atoms with Gasteiger partial charge in [-0.25, -0.2) is 4.98 Å². The molecule has 4 nitrogen and oxygen atoms in total. The molecule has 0 aromatic carbocycles. The molecular weight excluding hydrogens is 268 g/mol. The second-order valence-electron chi connectivity index (χ2n) is 5.95. The van der Waals surface area contributed by atoms with Gasteiger partial charge in [0.25, 0.3) is 0 Å². The maximum atomic E-state index is 4.59. The molecule has 112 valence electrons. The minimum atomic E-state index is 0.822. The Morgan fingerprint density at radius 2 is 1.95 bits per heavy atom. The molecule has 1 N–H and O–H groups in total. The van der Waals surface area contributed by atoms with Crippen LogP contribution in [0.4, 0.5) is 5.13 Å². The highest BCUT2D eigenvalue weighted by Crippen LogP contribution is 2.27. The second kappa shape index (κ2) is 6.87. The Bertz CT molecular complexity index is 406. The van der Waals surface area contributed by atoms with E-state index in [1.807, 2.05) is 24.6 Å². The Kier molecular flexibility index (Phi) is 4.91. The third-order valence-corrected chi connectivity index (χ3v) is 5.59. The predicted octanol–water partition coefficient (Wildman–Crippen LogP) is 2.32. The van der Waals surface area contributed by atoms with Crippen molar-refractivity contribution in [1.82, 2.24) is 15.2 Å². The van der Waals surface area contributed by atoms with E-state index in [4.69, 9.17) is 0 Å². The third-order valence-electron chi connectivity index (χ3n) is 4.53. The molecule has 0 radical (unpaired) electrons. The minimum Gasteiger partial charge on any atom is -0.348 e. The summed E-state index contributed by atoms with van der Waals surface area (Å²) in [6.45, 7) is 5.94. The van der Waals surface area contributed by atoms with E-state index in [9.17, 15) is 0 Å². The molecule has 1 aromatic heterocycles. The molecule has 20 heavy (non-hydrogen) atoms. The molecule has 0 atom stereocenters. The highest BCUT2D eigenvalue weighted by atomic mass is 32.1. The van der Waals surface area contributed by atoms with Crippen LogP contribution in [0.2, 0.25) is 0 Å². The first-order valence-corrected chi connectivity index (χ1v) is 8.77. The van der Waals surface area contributed by atoms with Crippen LogP contribution in [0.25, 0.3) is 0 Å². The quantitative estimate of drug-likeness (QED) is 0.923. The van der Waals surface area contributed by atoms with Crippen molar-refractivity contribution >= 4 is 16.5 Å². The van der Waals surface area contributed by atoms with Gasteiger partial charge in [0, 0.05) is 36.8 Å². The zero-order valence-corrected chi connectivity index (χ0v) is 13.3. The van der Waals surface area contributed by atoms with Gasteiger partial charge < -0.3 is 15.1 Å². The van der Waals surface area contributed by atoms with Crippen LogP contribution in [0.5, 0.6) is 0 Å².